The Hall–Kier alpha value is -2.19. The van der Waals surface area contributed by atoms with E-state index in [4.69, 9.17) is 4.74 Å². The van der Waals surface area contributed by atoms with E-state index in [1.165, 1.54) is 77.0 Å². The molecule has 0 fully saturated rings. The van der Waals surface area contributed by atoms with E-state index in [1.807, 2.05) is 0 Å². The van der Waals surface area contributed by atoms with E-state index >= 15 is 0 Å². The summed E-state index contributed by atoms with van der Waals surface area (Å²) in [6, 6.07) is 0. The summed E-state index contributed by atoms with van der Waals surface area (Å²) in [6.07, 6.45) is 19.4. The average molecular weight is 536 g/mol. The highest BCUT2D eigenvalue weighted by atomic mass is 19.2. The van der Waals surface area contributed by atoms with Crippen LogP contribution in [0.5, 0.6) is 0 Å². The molecule has 0 unspecified atom stereocenters. The Kier molecular flexibility index (Phi) is 16.8. The lowest BCUT2D eigenvalue weighted by Crippen LogP contribution is -2.34. The number of carbonyl (C=O) groups excluding carboxylic acids is 2. The minimum absolute atomic E-state index is 0.127. The molecule has 0 heterocycles. The Balaban J connectivity index is 2.09. The molecule has 0 aliphatic rings. The van der Waals surface area contributed by atoms with Crippen molar-refractivity contribution < 1.29 is 36.3 Å². The van der Waals surface area contributed by atoms with Gasteiger partial charge in [0, 0.05) is 7.05 Å². The number of halogens is 5. The first-order chi connectivity index (χ1) is 17.7. The molecular formula is C28H42F5NO3. The number of likely N-dealkylation sites (N-methyl/N-ethyl adjacent to an activating group) is 1. The third-order valence-electron chi connectivity index (χ3n) is 6.40. The van der Waals surface area contributed by atoms with Gasteiger partial charge >= 0.3 is 5.97 Å². The number of ether oxygens (including phenoxy) is 1. The number of unbranched alkanes of at least 4 members (excludes halogenated alkanes) is 15. The molecule has 0 radical (unpaired) electrons. The zero-order valence-corrected chi connectivity index (χ0v) is 22.3. The van der Waals surface area contributed by atoms with Gasteiger partial charge in [0.15, 0.2) is 23.3 Å². The van der Waals surface area contributed by atoms with Gasteiger partial charge in [-0.15, -0.1) is 0 Å². The summed E-state index contributed by atoms with van der Waals surface area (Å²) in [7, 11) is 1.01. The Bertz CT molecular complexity index is 806. The smallest absolute Gasteiger partial charge is 0.325 e. The molecule has 37 heavy (non-hydrogen) atoms. The van der Waals surface area contributed by atoms with Crippen LogP contribution < -0.4 is 0 Å². The number of carbonyl (C=O) groups is 2. The lowest BCUT2D eigenvalue weighted by molar-refractivity contribution is -0.144. The lowest BCUT2D eigenvalue weighted by Gasteiger charge is -2.17. The van der Waals surface area contributed by atoms with Crippen molar-refractivity contribution in [1.29, 1.82) is 0 Å². The average Bonchev–Trinajstić information content (AvgIpc) is 2.88. The number of hydrogen-bond donors (Lipinski definition) is 0. The van der Waals surface area contributed by atoms with Crippen LogP contribution in [0.15, 0.2) is 0 Å². The maximum absolute atomic E-state index is 13.8. The predicted molar refractivity (Wildman–Crippen MR) is 134 cm³/mol. The van der Waals surface area contributed by atoms with Crippen LogP contribution in [0, 0.1) is 29.1 Å². The normalized spacial score (nSPS) is 11.1. The summed E-state index contributed by atoms with van der Waals surface area (Å²) in [5, 5.41) is 0. The van der Waals surface area contributed by atoms with Gasteiger partial charge in [0.2, 0.25) is 5.82 Å². The van der Waals surface area contributed by atoms with E-state index in [2.05, 4.69) is 6.92 Å². The fourth-order valence-electron chi connectivity index (χ4n) is 4.13. The van der Waals surface area contributed by atoms with Crippen molar-refractivity contribution in [3.8, 4) is 0 Å². The molecule has 0 bridgehead atoms. The van der Waals surface area contributed by atoms with Gasteiger partial charge in [-0.1, -0.05) is 103 Å². The van der Waals surface area contributed by atoms with Gasteiger partial charge in [0.1, 0.15) is 12.1 Å². The molecule has 0 spiro atoms. The molecule has 1 amide bonds. The third kappa shape index (κ3) is 12.3. The summed E-state index contributed by atoms with van der Waals surface area (Å²) in [4.78, 5) is 24.6. The molecule has 1 aromatic rings. The van der Waals surface area contributed by atoms with Crippen molar-refractivity contribution in [2.24, 2.45) is 0 Å². The van der Waals surface area contributed by atoms with Gasteiger partial charge in [-0.25, -0.2) is 22.0 Å². The minimum Gasteiger partial charge on any atom is -0.464 e. The Morgan fingerprint density at radius 3 is 1.35 bits per heavy atom. The molecule has 0 N–H and O–H groups in total. The zero-order valence-electron chi connectivity index (χ0n) is 22.3. The molecule has 212 valence electrons. The summed E-state index contributed by atoms with van der Waals surface area (Å²) >= 11 is 0. The standard InChI is InChI=1S/C28H42F5NO3/c1-3-4-5-6-7-8-9-10-11-12-13-14-15-16-17-18-19-37-21(35)20-34(2)28(36)22-23(29)25(31)27(33)26(32)24(22)30/h3-20H2,1-2H3. The summed E-state index contributed by atoms with van der Waals surface area (Å²) in [6.45, 7) is 1.68. The molecule has 1 rings (SSSR count). The van der Waals surface area contributed by atoms with Gasteiger partial charge in [-0.05, 0) is 6.42 Å². The number of benzene rings is 1. The van der Waals surface area contributed by atoms with Gasteiger partial charge in [-0.2, -0.15) is 0 Å². The van der Waals surface area contributed by atoms with E-state index < -0.39 is 53.1 Å². The first-order valence-corrected chi connectivity index (χ1v) is 13.6. The van der Waals surface area contributed by atoms with Crippen LogP contribution in [0.1, 0.15) is 120 Å². The summed E-state index contributed by atoms with van der Waals surface area (Å²) in [5.41, 5.74) is -1.61. The predicted octanol–water partition coefficient (Wildman–Crippen LogP) is 8.26. The highest BCUT2D eigenvalue weighted by Gasteiger charge is 2.31. The molecule has 0 aliphatic carbocycles. The van der Waals surface area contributed by atoms with Crippen molar-refractivity contribution in [3.05, 3.63) is 34.6 Å². The van der Waals surface area contributed by atoms with Gasteiger partial charge in [0.25, 0.3) is 5.91 Å². The topological polar surface area (TPSA) is 46.6 Å². The van der Waals surface area contributed by atoms with Gasteiger partial charge < -0.3 is 9.64 Å². The highest BCUT2D eigenvalue weighted by molar-refractivity contribution is 5.96. The first kappa shape index (κ1) is 32.8. The monoisotopic (exact) mass is 535 g/mol. The molecule has 9 heteroatoms. The van der Waals surface area contributed by atoms with Gasteiger partial charge in [0.05, 0.1) is 6.61 Å². The second-order valence-electron chi connectivity index (χ2n) is 9.63. The summed E-state index contributed by atoms with van der Waals surface area (Å²) < 4.78 is 72.4. The molecule has 1 aromatic carbocycles. The van der Waals surface area contributed by atoms with Crippen LogP contribution in [0.25, 0.3) is 0 Å². The number of esters is 1. The van der Waals surface area contributed by atoms with E-state index in [1.54, 1.807) is 0 Å². The second-order valence-corrected chi connectivity index (χ2v) is 9.63. The Morgan fingerprint density at radius 1 is 0.595 bits per heavy atom. The van der Waals surface area contributed by atoms with E-state index in [9.17, 15) is 31.5 Å². The van der Waals surface area contributed by atoms with Crippen LogP contribution in [0.3, 0.4) is 0 Å². The fraction of sp³-hybridized carbons (Fsp3) is 0.714. The van der Waals surface area contributed by atoms with Crippen molar-refractivity contribution in [2.45, 2.75) is 110 Å². The molecule has 0 atom stereocenters. The van der Waals surface area contributed by atoms with Crippen molar-refractivity contribution in [3.63, 3.8) is 0 Å². The molecule has 0 saturated heterocycles. The van der Waals surface area contributed by atoms with Crippen LogP contribution in [-0.2, 0) is 9.53 Å². The van der Waals surface area contributed by atoms with E-state index in [0.29, 0.717) is 11.3 Å². The number of rotatable bonds is 20. The number of nitrogens with zero attached hydrogens (tertiary/aromatic N) is 1. The maximum atomic E-state index is 13.8. The highest BCUT2D eigenvalue weighted by Crippen LogP contribution is 2.24. The molecule has 0 aliphatic heterocycles. The van der Waals surface area contributed by atoms with Crippen LogP contribution in [0.2, 0.25) is 0 Å². The molecule has 4 nitrogen and oxygen atoms in total. The van der Waals surface area contributed by atoms with Crippen molar-refractivity contribution in [2.75, 3.05) is 20.2 Å². The van der Waals surface area contributed by atoms with Crippen LogP contribution in [-0.4, -0.2) is 37.0 Å². The van der Waals surface area contributed by atoms with Crippen molar-refractivity contribution >= 4 is 11.9 Å². The number of amides is 1. The number of hydrogen-bond acceptors (Lipinski definition) is 3. The molecule has 0 saturated carbocycles. The minimum atomic E-state index is -2.35. The summed E-state index contributed by atoms with van der Waals surface area (Å²) in [5.74, 6) is -13.6. The molecular weight excluding hydrogens is 493 g/mol. The SMILES string of the molecule is CCCCCCCCCCCCCCCCCCOC(=O)CN(C)C(=O)c1c(F)c(F)c(F)c(F)c1F. The van der Waals surface area contributed by atoms with E-state index in [0.717, 1.165) is 26.3 Å². The fourth-order valence-corrected chi connectivity index (χ4v) is 4.13. The zero-order chi connectivity index (χ0) is 27.6. The largest absolute Gasteiger partial charge is 0.464 e. The Labute approximate surface area is 217 Å². The second kappa shape index (κ2) is 19.0. The van der Waals surface area contributed by atoms with Crippen LogP contribution in [0.4, 0.5) is 22.0 Å². The first-order valence-electron chi connectivity index (χ1n) is 13.6. The molecule has 0 aromatic heterocycles. The Morgan fingerprint density at radius 2 is 0.946 bits per heavy atom. The third-order valence-corrected chi connectivity index (χ3v) is 6.40. The quantitative estimate of drug-likeness (QED) is 0.0555. The lowest BCUT2D eigenvalue weighted by atomic mass is 10.0. The van der Waals surface area contributed by atoms with Crippen molar-refractivity contribution in [1.82, 2.24) is 4.90 Å². The maximum Gasteiger partial charge on any atom is 0.325 e. The van der Waals surface area contributed by atoms with Gasteiger partial charge in [-0.3, -0.25) is 9.59 Å². The van der Waals surface area contributed by atoms with E-state index in [-0.39, 0.29) is 6.61 Å². The van der Waals surface area contributed by atoms with Crippen LogP contribution >= 0.6 is 0 Å².